The van der Waals surface area contributed by atoms with Crippen LogP contribution in [0.15, 0.2) is 18.2 Å². The molecule has 0 radical (unpaired) electrons. The van der Waals surface area contributed by atoms with Gasteiger partial charge in [-0.2, -0.15) is 0 Å². The molecule has 102 valence electrons. The van der Waals surface area contributed by atoms with Crippen LogP contribution in [0.4, 0.5) is 0 Å². The van der Waals surface area contributed by atoms with Crippen molar-refractivity contribution in [3.8, 4) is 5.75 Å². The second-order valence-corrected chi connectivity index (χ2v) is 7.84. The first-order valence-corrected chi connectivity index (χ1v) is 8.50. The summed E-state index contributed by atoms with van der Waals surface area (Å²) in [6.07, 6.45) is 0.853. The molecular formula is C14H16O3S2. The van der Waals surface area contributed by atoms with E-state index in [0.29, 0.717) is 0 Å². The Bertz CT molecular complexity index is 505. The van der Waals surface area contributed by atoms with Crippen molar-refractivity contribution in [1.82, 2.24) is 0 Å². The minimum absolute atomic E-state index is 0.104. The van der Waals surface area contributed by atoms with Gasteiger partial charge >= 0.3 is 0 Å². The van der Waals surface area contributed by atoms with Gasteiger partial charge in [0.1, 0.15) is 9.83 Å². The molecule has 1 aromatic rings. The third-order valence-electron chi connectivity index (χ3n) is 4.04. The lowest BCUT2D eigenvalue weighted by molar-refractivity contribution is -0.240. The SMILES string of the molecule is COc1ccc2c(c1)C13SCCOC1(C2)OCCS3. The fourth-order valence-corrected chi connectivity index (χ4v) is 6.50. The van der Waals surface area contributed by atoms with E-state index < -0.39 is 5.79 Å². The van der Waals surface area contributed by atoms with E-state index in [-0.39, 0.29) is 4.08 Å². The average molecular weight is 296 g/mol. The van der Waals surface area contributed by atoms with Crippen LogP contribution >= 0.6 is 23.5 Å². The third kappa shape index (κ3) is 1.56. The Balaban J connectivity index is 1.89. The number of benzene rings is 1. The summed E-state index contributed by atoms with van der Waals surface area (Å²) in [7, 11) is 1.72. The maximum atomic E-state index is 6.14. The highest BCUT2D eigenvalue weighted by Crippen LogP contribution is 2.65. The minimum Gasteiger partial charge on any atom is -0.497 e. The highest BCUT2D eigenvalue weighted by molar-refractivity contribution is 8.17. The van der Waals surface area contributed by atoms with Crippen molar-refractivity contribution < 1.29 is 14.2 Å². The predicted molar refractivity (Wildman–Crippen MR) is 77.9 cm³/mol. The Morgan fingerprint density at radius 3 is 2.58 bits per heavy atom. The van der Waals surface area contributed by atoms with Crippen LogP contribution in [0.25, 0.3) is 0 Å². The van der Waals surface area contributed by atoms with Crippen molar-refractivity contribution in [3.63, 3.8) is 0 Å². The summed E-state index contributed by atoms with van der Waals surface area (Å²) in [5.41, 5.74) is 2.67. The molecule has 1 aliphatic carbocycles. The van der Waals surface area contributed by atoms with E-state index in [1.165, 1.54) is 11.1 Å². The summed E-state index contributed by atoms with van der Waals surface area (Å²) in [6, 6.07) is 6.36. The predicted octanol–water partition coefficient (Wildman–Crippen LogP) is 2.63. The van der Waals surface area contributed by atoms with Gasteiger partial charge in [-0.15, -0.1) is 23.5 Å². The number of fused-ring (bicyclic) bond motifs is 1. The number of thioether (sulfide) groups is 2. The van der Waals surface area contributed by atoms with Crippen LogP contribution in [-0.2, 0) is 20.0 Å². The Morgan fingerprint density at radius 1 is 1.16 bits per heavy atom. The van der Waals surface area contributed by atoms with E-state index >= 15 is 0 Å². The maximum Gasteiger partial charge on any atom is 0.200 e. The van der Waals surface area contributed by atoms with Gasteiger partial charge in [0, 0.05) is 17.9 Å². The van der Waals surface area contributed by atoms with Gasteiger partial charge < -0.3 is 14.2 Å². The highest BCUT2D eigenvalue weighted by atomic mass is 32.2. The molecule has 2 heterocycles. The number of rotatable bonds is 1. The fourth-order valence-electron chi connectivity index (χ4n) is 3.25. The molecule has 3 nitrogen and oxygen atoms in total. The zero-order valence-electron chi connectivity index (χ0n) is 10.8. The quantitative estimate of drug-likeness (QED) is 0.794. The fraction of sp³-hybridized carbons (Fsp3) is 0.571. The summed E-state index contributed by atoms with van der Waals surface area (Å²) in [4.78, 5) is 0. The topological polar surface area (TPSA) is 27.7 Å². The van der Waals surface area contributed by atoms with E-state index in [1.807, 2.05) is 29.6 Å². The third-order valence-corrected chi connectivity index (χ3v) is 7.37. The van der Waals surface area contributed by atoms with Crippen LogP contribution < -0.4 is 4.74 Å². The van der Waals surface area contributed by atoms with Crippen molar-refractivity contribution in [2.45, 2.75) is 16.3 Å². The smallest absolute Gasteiger partial charge is 0.200 e. The van der Waals surface area contributed by atoms with Crippen LogP contribution in [-0.4, -0.2) is 37.6 Å². The molecule has 0 atom stereocenters. The Kier molecular flexibility index (Phi) is 2.81. The van der Waals surface area contributed by atoms with E-state index in [0.717, 1.165) is 36.9 Å². The number of hydrogen-bond acceptors (Lipinski definition) is 5. The molecule has 0 unspecified atom stereocenters. The lowest BCUT2D eigenvalue weighted by Gasteiger charge is -2.50. The Morgan fingerprint density at radius 2 is 1.89 bits per heavy atom. The van der Waals surface area contributed by atoms with E-state index in [1.54, 1.807) is 7.11 Å². The molecule has 3 aliphatic rings. The molecule has 0 bridgehead atoms. The van der Waals surface area contributed by atoms with Gasteiger partial charge in [0.2, 0.25) is 5.79 Å². The van der Waals surface area contributed by atoms with Gasteiger partial charge in [-0.3, -0.25) is 0 Å². The first-order chi connectivity index (χ1) is 9.30. The molecular weight excluding hydrogens is 280 g/mol. The standard InChI is InChI=1S/C14H16O3S2/c1-15-11-3-2-10-9-13-14(12(10)8-11,18-6-4-16-13)19-7-5-17-13/h2-3,8H,4-7,9H2,1H3. The summed E-state index contributed by atoms with van der Waals surface area (Å²) in [5.74, 6) is 2.50. The highest BCUT2D eigenvalue weighted by Gasteiger charge is 2.64. The van der Waals surface area contributed by atoms with Gasteiger partial charge in [0.15, 0.2) is 0 Å². The van der Waals surface area contributed by atoms with Gasteiger partial charge in [0.25, 0.3) is 0 Å². The van der Waals surface area contributed by atoms with Crippen LogP contribution in [0.1, 0.15) is 11.1 Å². The molecule has 0 aromatic heterocycles. The van der Waals surface area contributed by atoms with Gasteiger partial charge in [-0.05, 0) is 23.3 Å². The molecule has 2 fully saturated rings. The Labute approximate surface area is 121 Å². The number of ether oxygens (including phenoxy) is 3. The lowest BCUT2D eigenvalue weighted by Crippen LogP contribution is -2.55. The maximum absolute atomic E-state index is 6.14. The molecule has 2 aliphatic heterocycles. The molecule has 0 N–H and O–H groups in total. The van der Waals surface area contributed by atoms with E-state index in [9.17, 15) is 0 Å². The Hall–Kier alpha value is -0.360. The van der Waals surface area contributed by atoms with Crippen molar-refractivity contribution in [2.24, 2.45) is 0 Å². The molecule has 4 rings (SSSR count). The second kappa shape index (κ2) is 4.32. The van der Waals surface area contributed by atoms with Gasteiger partial charge in [-0.1, -0.05) is 6.07 Å². The zero-order valence-corrected chi connectivity index (χ0v) is 12.4. The molecule has 1 aromatic carbocycles. The van der Waals surface area contributed by atoms with Crippen LogP contribution in [0.2, 0.25) is 0 Å². The lowest BCUT2D eigenvalue weighted by atomic mass is 10.1. The average Bonchev–Trinajstić information content (AvgIpc) is 2.77. The molecule has 0 saturated carbocycles. The van der Waals surface area contributed by atoms with E-state index in [4.69, 9.17) is 14.2 Å². The van der Waals surface area contributed by atoms with Crippen LogP contribution in [0.5, 0.6) is 5.75 Å². The monoisotopic (exact) mass is 296 g/mol. The zero-order chi connectivity index (χ0) is 12.9. The molecule has 5 heteroatoms. The summed E-state index contributed by atoms with van der Waals surface area (Å²) >= 11 is 3.95. The van der Waals surface area contributed by atoms with Crippen LogP contribution in [0.3, 0.4) is 0 Å². The number of methoxy groups -OCH3 is 1. The largest absolute Gasteiger partial charge is 0.497 e. The van der Waals surface area contributed by atoms with E-state index in [2.05, 4.69) is 12.1 Å². The number of hydrogen-bond donors (Lipinski definition) is 0. The first-order valence-electron chi connectivity index (χ1n) is 6.53. The normalized spacial score (nSPS) is 36.3. The minimum atomic E-state index is -0.465. The first kappa shape index (κ1) is 12.4. The van der Waals surface area contributed by atoms with Crippen molar-refractivity contribution in [2.75, 3.05) is 31.8 Å². The summed E-state index contributed by atoms with van der Waals surface area (Å²) in [6.45, 7) is 1.55. The molecule has 19 heavy (non-hydrogen) atoms. The molecule has 2 saturated heterocycles. The van der Waals surface area contributed by atoms with Crippen molar-refractivity contribution >= 4 is 23.5 Å². The van der Waals surface area contributed by atoms with Crippen molar-refractivity contribution in [1.29, 1.82) is 0 Å². The molecule has 0 spiro atoms. The summed E-state index contributed by atoms with van der Waals surface area (Å²) in [5, 5.41) is 0. The van der Waals surface area contributed by atoms with Gasteiger partial charge in [0.05, 0.1) is 20.3 Å². The second-order valence-electron chi connectivity index (χ2n) is 4.96. The van der Waals surface area contributed by atoms with Crippen molar-refractivity contribution in [3.05, 3.63) is 29.3 Å². The molecule has 0 amide bonds. The van der Waals surface area contributed by atoms with Crippen LogP contribution in [0, 0.1) is 0 Å². The van der Waals surface area contributed by atoms with Gasteiger partial charge in [-0.25, -0.2) is 0 Å². The summed E-state index contributed by atoms with van der Waals surface area (Å²) < 4.78 is 17.6.